The third kappa shape index (κ3) is 3.74. The van der Waals surface area contributed by atoms with Crippen LogP contribution in [-0.2, 0) is 9.53 Å². The molecular formula is C12H16N2O4. The van der Waals surface area contributed by atoms with Gasteiger partial charge in [0.25, 0.3) is 0 Å². The maximum atomic E-state index is 11.5. The lowest BCUT2D eigenvalue weighted by Gasteiger charge is -2.08. The summed E-state index contributed by atoms with van der Waals surface area (Å²) in [7, 11) is 0. The van der Waals surface area contributed by atoms with Crippen molar-refractivity contribution in [1.29, 1.82) is 0 Å². The minimum atomic E-state index is -0.510. The highest BCUT2D eigenvalue weighted by atomic mass is 16.5. The first kappa shape index (κ1) is 14.0. The summed E-state index contributed by atoms with van der Waals surface area (Å²) in [4.78, 5) is 22.6. The highest BCUT2D eigenvalue weighted by Crippen LogP contribution is 2.24. The molecule has 0 unspecified atom stereocenters. The molecule has 0 aliphatic rings. The third-order valence-corrected chi connectivity index (χ3v) is 2.13. The van der Waals surface area contributed by atoms with Crippen molar-refractivity contribution in [2.24, 2.45) is 5.73 Å². The van der Waals surface area contributed by atoms with E-state index in [1.54, 1.807) is 0 Å². The molecule has 0 saturated heterocycles. The van der Waals surface area contributed by atoms with Crippen molar-refractivity contribution in [2.45, 2.75) is 13.3 Å². The molecule has 6 heteroatoms. The maximum absolute atomic E-state index is 11.5. The number of aromatic hydroxyl groups is 1. The molecule has 18 heavy (non-hydrogen) atoms. The van der Waals surface area contributed by atoms with Gasteiger partial charge in [-0.1, -0.05) is 6.92 Å². The Morgan fingerprint density at radius 1 is 1.44 bits per heavy atom. The largest absolute Gasteiger partial charge is 0.506 e. The zero-order valence-electron chi connectivity index (χ0n) is 10.1. The van der Waals surface area contributed by atoms with Gasteiger partial charge in [-0.3, -0.25) is 4.79 Å². The fourth-order valence-electron chi connectivity index (χ4n) is 1.24. The number of amides is 1. The molecule has 0 saturated carbocycles. The monoisotopic (exact) mass is 252 g/mol. The van der Waals surface area contributed by atoms with Gasteiger partial charge in [-0.25, -0.2) is 4.79 Å². The van der Waals surface area contributed by atoms with Crippen LogP contribution in [0.25, 0.3) is 0 Å². The summed E-state index contributed by atoms with van der Waals surface area (Å²) in [6.45, 7) is 2.03. The Balaban J connectivity index is 2.78. The number of carbonyl (C=O) groups excluding carboxylic acids is 2. The minimum Gasteiger partial charge on any atom is -0.506 e. The number of anilines is 1. The summed E-state index contributed by atoms with van der Waals surface area (Å²) in [6.07, 6.45) is 0.725. The van der Waals surface area contributed by atoms with Gasteiger partial charge in [-0.2, -0.15) is 0 Å². The molecule has 1 aromatic carbocycles. The molecule has 0 aliphatic carbocycles. The number of phenols is 1. The van der Waals surface area contributed by atoms with E-state index in [9.17, 15) is 14.7 Å². The van der Waals surface area contributed by atoms with Crippen LogP contribution < -0.4 is 11.1 Å². The summed E-state index contributed by atoms with van der Waals surface area (Å²) in [5.74, 6) is -1.14. The highest BCUT2D eigenvalue weighted by Gasteiger charge is 2.11. The number of hydrogen-bond acceptors (Lipinski definition) is 5. The average Bonchev–Trinajstić information content (AvgIpc) is 2.38. The van der Waals surface area contributed by atoms with Crippen molar-refractivity contribution >= 4 is 17.6 Å². The SMILES string of the molecule is CCCOC(=O)c1ccc(NC(=O)CN)c(O)c1. The molecule has 4 N–H and O–H groups in total. The molecule has 0 aromatic heterocycles. The second-order valence-electron chi connectivity index (χ2n) is 3.62. The van der Waals surface area contributed by atoms with E-state index >= 15 is 0 Å². The zero-order chi connectivity index (χ0) is 13.5. The van der Waals surface area contributed by atoms with Gasteiger partial charge in [0.2, 0.25) is 5.91 Å². The molecule has 0 aliphatic heterocycles. The second kappa shape index (κ2) is 6.61. The summed E-state index contributed by atoms with van der Waals surface area (Å²) in [5, 5.41) is 12.0. The Bertz CT molecular complexity index is 446. The van der Waals surface area contributed by atoms with Gasteiger partial charge in [-0.05, 0) is 24.6 Å². The number of rotatable bonds is 5. The summed E-state index contributed by atoms with van der Waals surface area (Å²) in [6, 6.07) is 4.12. The Morgan fingerprint density at radius 2 is 2.17 bits per heavy atom. The van der Waals surface area contributed by atoms with Crippen LogP contribution in [0.15, 0.2) is 18.2 Å². The topological polar surface area (TPSA) is 102 Å². The highest BCUT2D eigenvalue weighted by molar-refractivity contribution is 5.95. The zero-order valence-corrected chi connectivity index (χ0v) is 10.1. The van der Waals surface area contributed by atoms with E-state index in [2.05, 4.69) is 5.32 Å². The van der Waals surface area contributed by atoms with E-state index in [-0.39, 0.29) is 23.5 Å². The predicted molar refractivity (Wildman–Crippen MR) is 66.4 cm³/mol. The molecule has 98 valence electrons. The molecule has 1 amide bonds. The first-order valence-electron chi connectivity index (χ1n) is 5.58. The minimum absolute atomic E-state index is 0.181. The first-order chi connectivity index (χ1) is 8.58. The normalized spacial score (nSPS) is 9.89. The molecule has 1 aromatic rings. The number of esters is 1. The number of nitrogens with one attached hydrogen (secondary N) is 1. The molecule has 0 atom stereocenters. The van der Waals surface area contributed by atoms with E-state index < -0.39 is 11.9 Å². The van der Waals surface area contributed by atoms with Crippen molar-refractivity contribution in [2.75, 3.05) is 18.5 Å². The molecule has 0 bridgehead atoms. The van der Waals surface area contributed by atoms with Crippen molar-refractivity contribution in [1.82, 2.24) is 0 Å². The van der Waals surface area contributed by atoms with E-state index in [0.29, 0.717) is 6.61 Å². The maximum Gasteiger partial charge on any atom is 0.338 e. The number of ether oxygens (including phenoxy) is 1. The fraction of sp³-hybridized carbons (Fsp3) is 0.333. The van der Waals surface area contributed by atoms with E-state index in [1.165, 1.54) is 18.2 Å². The molecule has 0 spiro atoms. The molecule has 0 fully saturated rings. The molecular weight excluding hydrogens is 236 g/mol. The smallest absolute Gasteiger partial charge is 0.338 e. The van der Waals surface area contributed by atoms with Crippen LogP contribution in [0.4, 0.5) is 5.69 Å². The first-order valence-corrected chi connectivity index (χ1v) is 5.58. The van der Waals surface area contributed by atoms with Crippen molar-refractivity contribution in [3.8, 4) is 5.75 Å². The third-order valence-electron chi connectivity index (χ3n) is 2.13. The standard InChI is InChI=1S/C12H16N2O4/c1-2-5-18-12(17)8-3-4-9(10(15)6-8)14-11(16)7-13/h3-4,6,15H,2,5,7,13H2,1H3,(H,14,16). The van der Waals surface area contributed by atoms with Crippen LogP contribution in [0.5, 0.6) is 5.75 Å². The average molecular weight is 252 g/mol. The van der Waals surface area contributed by atoms with E-state index in [0.717, 1.165) is 6.42 Å². The Morgan fingerprint density at radius 3 is 2.72 bits per heavy atom. The van der Waals surface area contributed by atoms with Crippen LogP contribution in [0.3, 0.4) is 0 Å². The van der Waals surface area contributed by atoms with Gasteiger partial charge in [0, 0.05) is 0 Å². The summed E-state index contributed by atoms with van der Waals surface area (Å²) in [5.41, 5.74) is 5.57. The van der Waals surface area contributed by atoms with Crippen LogP contribution >= 0.6 is 0 Å². The fourth-order valence-corrected chi connectivity index (χ4v) is 1.24. The lowest BCUT2D eigenvalue weighted by atomic mass is 10.2. The van der Waals surface area contributed by atoms with Gasteiger partial charge in [0.15, 0.2) is 0 Å². The van der Waals surface area contributed by atoms with Crippen molar-refractivity contribution in [3.05, 3.63) is 23.8 Å². The van der Waals surface area contributed by atoms with Gasteiger partial charge >= 0.3 is 5.97 Å². The van der Waals surface area contributed by atoms with Crippen LogP contribution in [0.2, 0.25) is 0 Å². The molecule has 1 rings (SSSR count). The number of phenolic OH excluding ortho intramolecular Hbond substituents is 1. The Labute approximate surface area is 105 Å². The number of hydrogen-bond donors (Lipinski definition) is 3. The van der Waals surface area contributed by atoms with Crippen LogP contribution in [0, 0.1) is 0 Å². The van der Waals surface area contributed by atoms with Crippen LogP contribution in [-0.4, -0.2) is 30.1 Å². The summed E-state index contributed by atoms with van der Waals surface area (Å²) < 4.78 is 4.92. The molecule has 0 heterocycles. The molecule has 6 nitrogen and oxygen atoms in total. The van der Waals surface area contributed by atoms with Gasteiger partial charge in [0.1, 0.15) is 5.75 Å². The number of nitrogens with two attached hydrogens (primary N) is 1. The number of benzene rings is 1. The second-order valence-corrected chi connectivity index (χ2v) is 3.62. The lowest BCUT2D eigenvalue weighted by Crippen LogP contribution is -2.21. The number of carbonyl (C=O) groups is 2. The van der Waals surface area contributed by atoms with Gasteiger partial charge in [-0.15, -0.1) is 0 Å². The predicted octanol–water partition coefficient (Wildman–Crippen LogP) is 0.856. The van der Waals surface area contributed by atoms with Gasteiger partial charge < -0.3 is 20.9 Å². The van der Waals surface area contributed by atoms with E-state index in [4.69, 9.17) is 10.5 Å². The van der Waals surface area contributed by atoms with Crippen molar-refractivity contribution in [3.63, 3.8) is 0 Å². The van der Waals surface area contributed by atoms with Crippen LogP contribution in [0.1, 0.15) is 23.7 Å². The Hall–Kier alpha value is -2.08. The van der Waals surface area contributed by atoms with Crippen molar-refractivity contribution < 1.29 is 19.4 Å². The molecule has 0 radical (unpaired) electrons. The van der Waals surface area contributed by atoms with Gasteiger partial charge in [0.05, 0.1) is 24.4 Å². The summed E-state index contributed by atoms with van der Waals surface area (Å²) >= 11 is 0. The Kier molecular flexibility index (Phi) is 5.13. The van der Waals surface area contributed by atoms with E-state index in [1.807, 2.05) is 6.92 Å². The lowest BCUT2D eigenvalue weighted by molar-refractivity contribution is -0.114. The quantitative estimate of drug-likeness (QED) is 0.532.